The molecule has 0 spiro atoms. The van der Waals surface area contributed by atoms with Crippen molar-refractivity contribution in [1.82, 2.24) is 9.55 Å². The van der Waals surface area contributed by atoms with Crippen molar-refractivity contribution in [1.29, 1.82) is 0 Å². The van der Waals surface area contributed by atoms with Crippen molar-refractivity contribution in [2.45, 2.75) is 26.3 Å². The number of hydrogen-bond donors (Lipinski definition) is 1. The van der Waals surface area contributed by atoms with Gasteiger partial charge >= 0.3 is 0 Å². The Labute approximate surface area is 183 Å². The van der Waals surface area contributed by atoms with E-state index in [0.717, 1.165) is 21.6 Å². The minimum Gasteiger partial charge on any atom is -0.497 e. The van der Waals surface area contributed by atoms with Gasteiger partial charge in [0.15, 0.2) is 0 Å². The normalized spacial score (nSPS) is 12.1. The van der Waals surface area contributed by atoms with Crippen LogP contribution in [0.2, 0.25) is 0 Å². The lowest BCUT2D eigenvalue weighted by molar-refractivity contribution is -0.121. The zero-order valence-electron chi connectivity index (χ0n) is 17.6. The number of aryl methyl sites for hydroxylation is 1. The van der Waals surface area contributed by atoms with Gasteiger partial charge in [-0.15, -0.1) is 11.3 Å². The van der Waals surface area contributed by atoms with Gasteiger partial charge in [-0.3, -0.25) is 14.2 Å². The summed E-state index contributed by atoms with van der Waals surface area (Å²) in [6, 6.07) is 16.2. The number of aromatic nitrogens is 2. The Kier molecular flexibility index (Phi) is 5.61. The van der Waals surface area contributed by atoms with E-state index in [0.29, 0.717) is 28.2 Å². The molecular weight excluding hydrogens is 410 g/mol. The molecule has 7 heteroatoms. The van der Waals surface area contributed by atoms with E-state index in [1.807, 2.05) is 68.4 Å². The number of ether oxygens (including phenoxy) is 1. The van der Waals surface area contributed by atoms with Crippen LogP contribution in [-0.4, -0.2) is 22.6 Å². The summed E-state index contributed by atoms with van der Waals surface area (Å²) in [4.78, 5) is 32.6. The van der Waals surface area contributed by atoms with E-state index in [1.165, 1.54) is 15.9 Å². The number of hydrogen-bond acceptors (Lipinski definition) is 5. The fourth-order valence-electron chi connectivity index (χ4n) is 3.89. The van der Waals surface area contributed by atoms with Crippen LogP contribution in [0.25, 0.3) is 32.7 Å². The van der Waals surface area contributed by atoms with Crippen LogP contribution in [-0.2, 0) is 4.79 Å². The first kappa shape index (κ1) is 20.8. The highest BCUT2D eigenvalue weighted by Gasteiger charge is 2.26. The first-order valence-corrected chi connectivity index (χ1v) is 10.8. The monoisotopic (exact) mass is 433 g/mol. The number of methoxy groups -OCH3 is 1. The van der Waals surface area contributed by atoms with Gasteiger partial charge in [0.05, 0.1) is 12.5 Å². The molecule has 1 unspecified atom stereocenters. The topological polar surface area (TPSA) is 87.2 Å². The molecule has 158 valence electrons. The third-order valence-corrected chi connectivity index (χ3v) is 6.35. The lowest BCUT2D eigenvalue weighted by Crippen LogP contribution is -2.35. The predicted molar refractivity (Wildman–Crippen MR) is 125 cm³/mol. The Morgan fingerprint density at radius 2 is 1.87 bits per heavy atom. The lowest BCUT2D eigenvalue weighted by atomic mass is 10.0. The molecule has 0 fully saturated rings. The zero-order chi connectivity index (χ0) is 22.1. The minimum atomic E-state index is -0.794. The van der Waals surface area contributed by atoms with Gasteiger partial charge in [-0.05, 0) is 31.0 Å². The summed E-state index contributed by atoms with van der Waals surface area (Å²) in [7, 11) is 1.61. The van der Waals surface area contributed by atoms with E-state index in [2.05, 4.69) is 0 Å². The fraction of sp³-hybridized carbons (Fsp3) is 0.208. The molecule has 6 nitrogen and oxygen atoms in total. The SMILES string of the molecule is CCC(C(N)=O)n1c(-c2ccccc2)nc2sc(C)c(-c3cccc(OC)c3)c2c1=O. The maximum Gasteiger partial charge on any atom is 0.263 e. The van der Waals surface area contributed by atoms with Crippen LogP contribution in [0.15, 0.2) is 59.4 Å². The maximum absolute atomic E-state index is 13.9. The second kappa shape index (κ2) is 8.35. The average Bonchev–Trinajstić information content (AvgIpc) is 3.12. The zero-order valence-corrected chi connectivity index (χ0v) is 18.4. The van der Waals surface area contributed by atoms with E-state index in [4.69, 9.17) is 15.5 Å². The van der Waals surface area contributed by atoms with Crippen LogP contribution in [0, 0.1) is 6.92 Å². The maximum atomic E-state index is 13.9. The number of primary amides is 1. The molecule has 1 atom stereocenters. The Bertz CT molecular complexity index is 1330. The molecule has 2 aromatic heterocycles. The summed E-state index contributed by atoms with van der Waals surface area (Å²) in [5.41, 5.74) is 7.86. The minimum absolute atomic E-state index is 0.267. The molecule has 0 aliphatic carbocycles. The van der Waals surface area contributed by atoms with Crippen LogP contribution in [0.5, 0.6) is 5.75 Å². The quantitative estimate of drug-likeness (QED) is 0.483. The van der Waals surface area contributed by atoms with Gasteiger partial charge in [0, 0.05) is 16.0 Å². The predicted octanol–water partition coefficient (Wildman–Crippen LogP) is 4.55. The number of thiophene rings is 1. The smallest absolute Gasteiger partial charge is 0.263 e. The Morgan fingerprint density at radius 3 is 2.52 bits per heavy atom. The molecule has 2 heterocycles. The summed E-state index contributed by atoms with van der Waals surface area (Å²) in [6.07, 6.45) is 0.389. The van der Waals surface area contributed by atoms with Gasteiger partial charge in [-0.1, -0.05) is 49.4 Å². The van der Waals surface area contributed by atoms with Crippen LogP contribution < -0.4 is 16.0 Å². The number of carbonyl (C=O) groups excluding carboxylic acids is 1. The van der Waals surface area contributed by atoms with Gasteiger partial charge in [-0.2, -0.15) is 0 Å². The van der Waals surface area contributed by atoms with Gasteiger partial charge in [-0.25, -0.2) is 4.98 Å². The van der Waals surface area contributed by atoms with Crippen molar-refractivity contribution >= 4 is 27.5 Å². The van der Waals surface area contributed by atoms with Crippen molar-refractivity contribution in [3.05, 3.63) is 69.8 Å². The standard InChI is InChI=1S/C24H23N3O3S/c1-4-18(21(25)28)27-22(15-9-6-5-7-10-15)26-23-20(24(27)29)19(14(2)31-23)16-11-8-12-17(13-16)30-3/h5-13,18H,4H2,1-3H3,(H2,25,28). The second-order valence-corrected chi connectivity index (χ2v) is 8.45. The third-order valence-electron chi connectivity index (χ3n) is 5.35. The van der Waals surface area contributed by atoms with E-state index in [-0.39, 0.29) is 5.56 Å². The van der Waals surface area contributed by atoms with Crippen LogP contribution >= 0.6 is 11.3 Å². The first-order valence-electron chi connectivity index (χ1n) is 10.0. The molecule has 0 saturated heterocycles. The van der Waals surface area contributed by atoms with Crippen LogP contribution in [0.1, 0.15) is 24.3 Å². The highest BCUT2D eigenvalue weighted by Crippen LogP contribution is 2.38. The Hall–Kier alpha value is -3.45. The van der Waals surface area contributed by atoms with Crippen LogP contribution in [0.3, 0.4) is 0 Å². The first-order chi connectivity index (χ1) is 15.0. The highest BCUT2D eigenvalue weighted by molar-refractivity contribution is 7.19. The molecule has 0 aliphatic rings. The molecule has 2 N–H and O–H groups in total. The number of nitrogens with two attached hydrogens (primary N) is 1. The molecule has 4 aromatic rings. The van der Waals surface area contributed by atoms with Gasteiger partial charge in [0.2, 0.25) is 5.91 Å². The Balaban J connectivity index is 2.10. The van der Waals surface area contributed by atoms with E-state index in [1.54, 1.807) is 7.11 Å². The lowest BCUT2D eigenvalue weighted by Gasteiger charge is -2.19. The number of carbonyl (C=O) groups is 1. The van der Waals surface area contributed by atoms with E-state index < -0.39 is 11.9 Å². The highest BCUT2D eigenvalue weighted by atomic mass is 32.1. The molecule has 2 aromatic carbocycles. The van der Waals surface area contributed by atoms with Crippen molar-refractivity contribution in [3.63, 3.8) is 0 Å². The summed E-state index contributed by atoms with van der Waals surface area (Å²) in [5, 5.41) is 0.495. The summed E-state index contributed by atoms with van der Waals surface area (Å²) in [5.74, 6) is 0.592. The fourth-order valence-corrected chi connectivity index (χ4v) is 4.93. The van der Waals surface area contributed by atoms with E-state index >= 15 is 0 Å². The third kappa shape index (κ3) is 3.61. The Morgan fingerprint density at radius 1 is 1.16 bits per heavy atom. The molecule has 1 amide bonds. The summed E-state index contributed by atoms with van der Waals surface area (Å²) in [6.45, 7) is 3.81. The molecule has 0 saturated carbocycles. The molecule has 4 rings (SSSR count). The molecule has 0 radical (unpaired) electrons. The summed E-state index contributed by atoms with van der Waals surface area (Å²) < 4.78 is 6.82. The summed E-state index contributed by atoms with van der Waals surface area (Å²) >= 11 is 1.47. The van der Waals surface area contributed by atoms with Gasteiger partial charge < -0.3 is 10.5 Å². The second-order valence-electron chi connectivity index (χ2n) is 7.25. The average molecular weight is 434 g/mol. The van der Waals surface area contributed by atoms with Crippen molar-refractivity contribution in [2.75, 3.05) is 7.11 Å². The number of rotatable bonds is 6. The van der Waals surface area contributed by atoms with Crippen molar-refractivity contribution in [2.24, 2.45) is 5.73 Å². The van der Waals surface area contributed by atoms with Crippen LogP contribution in [0.4, 0.5) is 0 Å². The largest absolute Gasteiger partial charge is 0.497 e. The number of fused-ring (bicyclic) bond motifs is 1. The molecular formula is C24H23N3O3S. The molecule has 31 heavy (non-hydrogen) atoms. The number of benzene rings is 2. The van der Waals surface area contributed by atoms with Gasteiger partial charge in [0.25, 0.3) is 5.56 Å². The van der Waals surface area contributed by atoms with Crippen molar-refractivity contribution < 1.29 is 9.53 Å². The van der Waals surface area contributed by atoms with Gasteiger partial charge in [0.1, 0.15) is 22.4 Å². The molecule has 0 aliphatic heterocycles. The van der Waals surface area contributed by atoms with E-state index in [9.17, 15) is 9.59 Å². The number of amides is 1. The molecule has 0 bridgehead atoms. The number of nitrogens with zero attached hydrogens (tertiary/aromatic N) is 2. The van der Waals surface area contributed by atoms with Crippen molar-refractivity contribution in [3.8, 4) is 28.3 Å².